The molecule has 1 atom stereocenters. The van der Waals surface area contributed by atoms with Crippen LogP contribution >= 0.6 is 12.2 Å². The Morgan fingerprint density at radius 2 is 1.73 bits per heavy atom. The average molecular weight is 585 g/mol. The number of hydrogen-bond acceptors (Lipinski definition) is 10. The molecule has 2 aromatic carbocycles. The van der Waals surface area contributed by atoms with E-state index < -0.39 is 23.9 Å². The van der Waals surface area contributed by atoms with Gasteiger partial charge in [-0.05, 0) is 62.8 Å². The molecular formula is C28H32N4O8S. The van der Waals surface area contributed by atoms with E-state index >= 15 is 0 Å². The number of benzene rings is 2. The molecule has 0 unspecified atom stereocenters. The van der Waals surface area contributed by atoms with E-state index in [-0.39, 0.29) is 26.4 Å². The van der Waals surface area contributed by atoms with E-state index in [1.165, 1.54) is 13.3 Å². The summed E-state index contributed by atoms with van der Waals surface area (Å²) in [4.78, 5) is 36.7. The van der Waals surface area contributed by atoms with E-state index in [2.05, 4.69) is 21.2 Å². The van der Waals surface area contributed by atoms with Crippen LogP contribution in [0.3, 0.4) is 0 Å². The third-order valence-electron chi connectivity index (χ3n) is 5.59. The third kappa shape index (κ3) is 8.67. The Kier molecular flexibility index (Phi) is 11.5. The van der Waals surface area contributed by atoms with Crippen LogP contribution in [-0.2, 0) is 23.9 Å². The van der Waals surface area contributed by atoms with Crippen LogP contribution in [0.1, 0.15) is 37.9 Å². The summed E-state index contributed by atoms with van der Waals surface area (Å²) in [7, 11) is 1.46. The second kappa shape index (κ2) is 15.2. The molecule has 0 aromatic heterocycles. The lowest BCUT2D eigenvalue weighted by Crippen LogP contribution is -2.45. The number of hydrazone groups is 1. The van der Waals surface area contributed by atoms with Crippen molar-refractivity contribution in [3.05, 3.63) is 64.9 Å². The average Bonchev–Trinajstić information content (AvgIpc) is 2.95. The zero-order chi connectivity index (χ0) is 29.8. The molecule has 0 aliphatic carbocycles. The van der Waals surface area contributed by atoms with Crippen molar-refractivity contribution in [3.8, 4) is 17.2 Å². The number of carbonyl (C=O) groups excluding carboxylic acids is 3. The number of amides is 1. The number of rotatable bonds is 13. The maximum atomic E-state index is 12.7. The second-order valence-corrected chi connectivity index (χ2v) is 8.82. The normalized spacial score (nSPS) is 14.5. The van der Waals surface area contributed by atoms with Crippen LogP contribution in [0.15, 0.2) is 58.8 Å². The third-order valence-corrected chi connectivity index (χ3v) is 5.81. The number of ether oxygens (including phenoxy) is 5. The number of thiocarbonyl (C=S) groups is 1. The molecule has 2 aromatic rings. The van der Waals surface area contributed by atoms with Gasteiger partial charge in [0.05, 0.1) is 38.2 Å². The number of hydrogen-bond donors (Lipinski definition) is 3. The topological polar surface area (TPSA) is 146 Å². The number of nitrogens with zero attached hydrogens (tertiary/aromatic N) is 1. The Bertz CT molecular complexity index is 1340. The van der Waals surface area contributed by atoms with Gasteiger partial charge in [-0.1, -0.05) is 18.2 Å². The van der Waals surface area contributed by atoms with E-state index in [9.17, 15) is 14.4 Å². The Labute approximate surface area is 243 Å². The van der Waals surface area contributed by atoms with E-state index in [4.69, 9.17) is 35.9 Å². The molecule has 0 bridgehead atoms. The lowest BCUT2D eigenvalue weighted by molar-refractivity contribution is -0.145. The van der Waals surface area contributed by atoms with Crippen LogP contribution in [-0.4, -0.2) is 62.7 Å². The number of esters is 2. The van der Waals surface area contributed by atoms with Crippen LogP contribution < -0.4 is 30.3 Å². The standard InChI is InChI=1S/C28H32N4O8S/c1-5-37-24(34)16-40-21-12-11-18(13-22(21)36-4)14-29-32-23(33)15-39-20-10-8-7-9-19(20)26-25(27(35)38-6-2)17(3)30-28(41)31-26/h7-14,26H,5-6,15-16H2,1-4H3,(H,32,33)(H2,30,31,41)/t26-/m1/s1. The van der Waals surface area contributed by atoms with Gasteiger partial charge in [0, 0.05) is 11.3 Å². The second-order valence-electron chi connectivity index (χ2n) is 8.41. The molecule has 13 heteroatoms. The first-order valence-corrected chi connectivity index (χ1v) is 13.1. The highest BCUT2D eigenvalue weighted by Crippen LogP contribution is 2.33. The van der Waals surface area contributed by atoms with E-state index in [1.54, 1.807) is 63.2 Å². The van der Waals surface area contributed by atoms with Crippen molar-refractivity contribution in [2.24, 2.45) is 5.10 Å². The molecule has 41 heavy (non-hydrogen) atoms. The minimum Gasteiger partial charge on any atom is -0.493 e. The van der Waals surface area contributed by atoms with Crippen LogP contribution in [0, 0.1) is 0 Å². The molecule has 1 heterocycles. The van der Waals surface area contributed by atoms with E-state index in [0.717, 1.165) is 0 Å². The van der Waals surface area contributed by atoms with Gasteiger partial charge in [0.25, 0.3) is 5.91 Å². The summed E-state index contributed by atoms with van der Waals surface area (Å²) in [5, 5.41) is 10.3. The summed E-state index contributed by atoms with van der Waals surface area (Å²) in [5.41, 5.74) is 4.54. The van der Waals surface area contributed by atoms with Gasteiger partial charge in [0.1, 0.15) is 5.75 Å². The van der Waals surface area contributed by atoms with Crippen LogP contribution in [0.2, 0.25) is 0 Å². The molecule has 3 N–H and O–H groups in total. The Balaban J connectivity index is 1.63. The molecule has 0 spiro atoms. The van der Waals surface area contributed by atoms with Gasteiger partial charge >= 0.3 is 11.9 Å². The summed E-state index contributed by atoms with van der Waals surface area (Å²) in [6, 6.07) is 11.3. The molecule has 1 aliphatic heterocycles. The number of allylic oxidation sites excluding steroid dienone is 1. The van der Waals surface area contributed by atoms with Gasteiger partial charge in [0.15, 0.2) is 29.8 Å². The summed E-state index contributed by atoms with van der Waals surface area (Å²) >= 11 is 5.29. The maximum absolute atomic E-state index is 12.7. The fourth-order valence-corrected chi connectivity index (χ4v) is 4.11. The van der Waals surface area contributed by atoms with E-state index in [0.29, 0.717) is 44.8 Å². The van der Waals surface area contributed by atoms with Gasteiger partial charge in [0.2, 0.25) is 0 Å². The van der Waals surface area contributed by atoms with Gasteiger partial charge in [-0.15, -0.1) is 0 Å². The Hall–Kier alpha value is -4.65. The highest BCUT2D eigenvalue weighted by molar-refractivity contribution is 7.80. The molecule has 0 radical (unpaired) electrons. The maximum Gasteiger partial charge on any atom is 0.344 e. The number of para-hydroxylation sites is 1. The molecule has 1 amide bonds. The monoisotopic (exact) mass is 584 g/mol. The minimum absolute atomic E-state index is 0.214. The van der Waals surface area contributed by atoms with Crippen molar-refractivity contribution in [1.82, 2.24) is 16.1 Å². The molecule has 12 nitrogen and oxygen atoms in total. The number of nitrogens with one attached hydrogen (secondary N) is 3. The fraction of sp³-hybridized carbons (Fsp3) is 0.321. The van der Waals surface area contributed by atoms with Crippen LogP contribution in [0.25, 0.3) is 0 Å². The predicted octanol–water partition coefficient (Wildman–Crippen LogP) is 2.52. The molecule has 218 valence electrons. The largest absolute Gasteiger partial charge is 0.493 e. The molecule has 0 saturated heterocycles. The zero-order valence-corrected chi connectivity index (χ0v) is 24.0. The molecule has 3 rings (SSSR count). The number of methoxy groups -OCH3 is 1. The van der Waals surface area contributed by atoms with Gasteiger partial charge in [-0.2, -0.15) is 5.10 Å². The quantitative estimate of drug-likeness (QED) is 0.138. The summed E-state index contributed by atoms with van der Waals surface area (Å²) in [6.45, 7) is 5.05. The van der Waals surface area contributed by atoms with Crippen molar-refractivity contribution < 1.29 is 38.1 Å². The van der Waals surface area contributed by atoms with Crippen molar-refractivity contribution in [2.45, 2.75) is 26.8 Å². The van der Waals surface area contributed by atoms with Crippen molar-refractivity contribution in [3.63, 3.8) is 0 Å². The smallest absolute Gasteiger partial charge is 0.344 e. The predicted molar refractivity (Wildman–Crippen MR) is 154 cm³/mol. The Morgan fingerprint density at radius 1 is 1.00 bits per heavy atom. The first kappa shape index (κ1) is 30.9. The first-order chi connectivity index (χ1) is 19.8. The van der Waals surface area contributed by atoms with Crippen molar-refractivity contribution in [1.29, 1.82) is 0 Å². The molecular weight excluding hydrogens is 552 g/mol. The van der Waals surface area contributed by atoms with Crippen molar-refractivity contribution >= 4 is 41.4 Å². The minimum atomic E-state index is -0.640. The van der Waals surface area contributed by atoms with E-state index in [1.807, 2.05) is 0 Å². The Morgan fingerprint density at radius 3 is 2.46 bits per heavy atom. The lowest BCUT2D eigenvalue weighted by atomic mass is 9.95. The molecule has 1 aliphatic rings. The molecule has 0 fully saturated rings. The fourth-order valence-electron chi connectivity index (χ4n) is 3.83. The lowest BCUT2D eigenvalue weighted by Gasteiger charge is -2.30. The van der Waals surface area contributed by atoms with Gasteiger partial charge in [-0.25, -0.2) is 15.0 Å². The van der Waals surface area contributed by atoms with Gasteiger partial charge < -0.3 is 34.3 Å². The van der Waals surface area contributed by atoms with Crippen LogP contribution in [0.4, 0.5) is 0 Å². The summed E-state index contributed by atoms with van der Waals surface area (Å²) in [5.74, 6) is -0.380. The highest BCUT2D eigenvalue weighted by atomic mass is 32.1. The van der Waals surface area contributed by atoms with Crippen LogP contribution in [0.5, 0.6) is 17.2 Å². The zero-order valence-electron chi connectivity index (χ0n) is 23.1. The SMILES string of the molecule is CCOC(=O)COc1ccc(C=NNC(=O)COc2ccccc2[C@H]2NC(=S)NC(C)=C2C(=O)OCC)cc1OC. The van der Waals surface area contributed by atoms with Gasteiger partial charge in [-0.3, -0.25) is 4.79 Å². The van der Waals surface area contributed by atoms with Crippen molar-refractivity contribution in [2.75, 3.05) is 33.5 Å². The molecule has 0 saturated carbocycles. The summed E-state index contributed by atoms with van der Waals surface area (Å²) in [6.07, 6.45) is 1.42. The highest BCUT2D eigenvalue weighted by Gasteiger charge is 2.32. The number of carbonyl (C=O) groups is 3. The first-order valence-electron chi connectivity index (χ1n) is 12.7. The summed E-state index contributed by atoms with van der Waals surface area (Å²) < 4.78 is 26.6.